The van der Waals surface area contributed by atoms with Crippen LogP contribution in [0, 0.1) is 12.7 Å². The van der Waals surface area contributed by atoms with Crippen LogP contribution in [0.2, 0.25) is 0 Å². The molecule has 0 unspecified atom stereocenters. The number of nitrogens with zero attached hydrogens (tertiary/aromatic N) is 2. The highest BCUT2D eigenvalue weighted by molar-refractivity contribution is 5.91. The van der Waals surface area contributed by atoms with Gasteiger partial charge in [0.15, 0.2) is 11.6 Å². The molecule has 0 bridgehead atoms. The van der Waals surface area contributed by atoms with Gasteiger partial charge in [-0.15, -0.1) is 12.4 Å². The summed E-state index contributed by atoms with van der Waals surface area (Å²) >= 11 is 0. The molecule has 0 atom stereocenters. The zero-order valence-corrected chi connectivity index (χ0v) is 23.3. The Morgan fingerprint density at radius 3 is 2.66 bits per heavy atom. The Morgan fingerprint density at radius 2 is 1.95 bits per heavy atom. The molecule has 1 fully saturated rings. The number of halogens is 2. The number of methoxy groups -OCH3 is 1. The summed E-state index contributed by atoms with van der Waals surface area (Å²) in [5.41, 5.74) is 3.86. The van der Waals surface area contributed by atoms with Gasteiger partial charge in [-0.25, -0.2) is 9.37 Å². The van der Waals surface area contributed by atoms with E-state index in [2.05, 4.69) is 10.2 Å². The van der Waals surface area contributed by atoms with Crippen molar-refractivity contribution in [3.8, 4) is 22.8 Å². The fraction of sp³-hybridized carbons (Fsp3) is 0.448. The Bertz CT molecular complexity index is 1250. The maximum atomic E-state index is 14.1. The van der Waals surface area contributed by atoms with E-state index in [0.717, 1.165) is 67.0 Å². The summed E-state index contributed by atoms with van der Waals surface area (Å²) in [5.74, 6) is 0.368. The molecule has 38 heavy (non-hydrogen) atoms. The van der Waals surface area contributed by atoms with E-state index in [1.807, 2.05) is 39.0 Å². The van der Waals surface area contributed by atoms with Gasteiger partial charge in [0, 0.05) is 36.6 Å². The number of aromatic nitrogens is 1. The first-order valence-corrected chi connectivity index (χ1v) is 12.8. The van der Waals surface area contributed by atoms with Crippen molar-refractivity contribution in [3.63, 3.8) is 0 Å². The molecule has 0 saturated carbocycles. The van der Waals surface area contributed by atoms with Gasteiger partial charge in [-0.3, -0.25) is 9.69 Å². The molecular formula is C29H37ClFN3O4. The number of morpholine rings is 1. The molecule has 0 radical (unpaired) electrons. The molecular weight excluding hydrogens is 509 g/mol. The third-order valence-corrected chi connectivity index (χ3v) is 6.55. The van der Waals surface area contributed by atoms with Crippen LogP contribution in [0.3, 0.4) is 0 Å². The number of benzene rings is 2. The van der Waals surface area contributed by atoms with Gasteiger partial charge in [-0.2, -0.15) is 0 Å². The fourth-order valence-corrected chi connectivity index (χ4v) is 4.63. The van der Waals surface area contributed by atoms with Crippen molar-refractivity contribution >= 4 is 29.2 Å². The highest BCUT2D eigenvalue weighted by Gasteiger charge is 2.19. The van der Waals surface area contributed by atoms with E-state index >= 15 is 0 Å². The lowest BCUT2D eigenvalue weighted by molar-refractivity contribution is -0.120. The Kier molecular flexibility index (Phi) is 10.7. The third kappa shape index (κ3) is 7.34. The number of carbonyl (C=O) groups is 1. The van der Waals surface area contributed by atoms with Gasteiger partial charge >= 0.3 is 0 Å². The van der Waals surface area contributed by atoms with E-state index in [9.17, 15) is 9.18 Å². The number of amides is 1. The zero-order valence-electron chi connectivity index (χ0n) is 22.5. The number of aryl methyl sites for hydroxylation is 1. The van der Waals surface area contributed by atoms with Crippen LogP contribution in [-0.4, -0.2) is 68.4 Å². The fourth-order valence-electron chi connectivity index (χ4n) is 4.63. The van der Waals surface area contributed by atoms with E-state index in [4.69, 9.17) is 19.2 Å². The van der Waals surface area contributed by atoms with Gasteiger partial charge in [-0.05, 0) is 74.7 Å². The molecule has 4 rings (SSSR count). The Morgan fingerprint density at radius 1 is 1.18 bits per heavy atom. The van der Waals surface area contributed by atoms with Crippen molar-refractivity contribution in [1.82, 2.24) is 15.2 Å². The van der Waals surface area contributed by atoms with E-state index in [1.54, 1.807) is 12.1 Å². The molecule has 206 valence electrons. The number of carbonyl (C=O) groups excluding carboxylic acids is 1. The second-order valence-electron chi connectivity index (χ2n) is 9.65. The van der Waals surface area contributed by atoms with Crippen LogP contribution in [0.4, 0.5) is 4.39 Å². The van der Waals surface area contributed by atoms with E-state index in [0.29, 0.717) is 17.9 Å². The van der Waals surface area contributed by atoms with Crippen LogP contribution in [0.1, 0.15) is 31.4 Å². The van der Waals surface area contributed by atoms with Crippen LogP contribution in [0.5, 0.6) is 11.5 Å². The molecule has 2 aromatic carbocycles. The highest BCUT2D eigenvalue weighted by Crippen LogP contribution is 2.34. The molecule has 1 aliphatic heterocycles. The summed E-state index contributed by atoms with van der Waals surface area (Å²) in [5, 5.41) is 3.89. The molecule has 1 aliphatic rings. The van der Waals surface area contributed by atoms with E-state index in [-0.39, 0.29) is 36.5 Å². The van der Waals surface area contributed by atoms with Crippen LogP contribution >= 0.6 is 12.4 Å². The van der Waals surface area contributed by atoms with Crippen molar-refractivity contribution in [2.24, 2.45) is 0 Å². The molecule has 0 aliphatic carbocycles. The molecule has 0 spiro atoms. The van der Waals surface area contributed by atoms with Crippen molar-refractivity contribution in [3.05, 3.63) is 53.3 Å². The predicted octanol–water partition coefficient (Wildman–Crippen LogP) is 4.95. The largest absolute Gasteiger partial charge is 0.494 e. The molecule has 1 saturated heterocycles. The minimum absolute atomic E-state index is 0. The maximum Gasteiger partial charge on any atom is 0.224 e. The summed E-state index contributed by atoms with van der Waals surface area (Å²) in [7, 11) is 1.43. The lowest BCUT2D eigenvalue weighted by Crippen LogP contribution is -2.37. The summed E-state index contributed by atoms with van der Waals surface area (Å²) in [6.07, 6.45) is 1.09. The number of hydrogen-bond acceptors (Lipinski definition) is 6. The highest BCUT2D eigenvalue weighted by atomic mass is 35.5. The van der Waals surface area contributed by atoms with Gasteiger partial charge in [0.25, 0.3) is 0 Å². The maximum absolute atomic E-state index is 14.1. The standard InChI is InChI=1S/C29H36FN3O4.ClH/c1-19(2)31-28(34)18-24-20(3)23-17-22(37-13-5-10-33-11-14-36-15-12-33)7-9-26(23)32-29(24)21-6-8-25(30)27(16-21)35-4;/h6-9,16-17,19H,5,10-15,18H2,1-4H3,(H,31,34);1H. The molecule has 3 aromatic rings. The van der Waals surface area contributed by atoms with Gasteiger partial charge < -0.3 is 19.5 Å². The van der Waals surface area contributed by atoms with Crippen LogP contribution in [0.25, 0.3) is 22.2 Å². The van der Waals surface area contributed by atoms with Gasteiger partial charge in [0.1, 0.15) is 5.75 Å². The van der Waals surface area contributed by atoms with Gasteiger partial charge in [-0.1, -0.05) is 0 Å². The van der Waals surface area contributed by atoms with Crippen LogP contribution < -0.4 is 14.8 Å². The van der Waals surface area contributed by atoms with Crippen molar-refractivity contribution in [1.29, 1.82) is 0 Å². The summed E-state index contributed by atoms with van der Waals surface area (Å²) in [6, 6.07) is 10.5. The van der Waals surface area contributed by atoms with E-state index in [1.165, 1.54) is 13.2 Å². The minimum Gasteiger partial charge on any atom is -0.494 e. The van der Waals surface area contributed by atoms with Crippen molar-refractivity contribution in [2.75, 3.05) is 46.6 Å². The number of ether oxygens (including phenoxy) is 3. The molecule has 9 heteroatoms. The average Bonchev–Trinajstić information content (AvgIpc) is 2.89. The zero-order chi connectivity index (χ0) is 26.4. The third-order valence-electron chi connectivity index (χ3n) is 6.55. The first kappa shape index (κ1) is 29.6. The first-order valence-electron chi connectivity index (χ1n) is 12.8. The Labute approximate surface area is 230 Å². The number of rotatable bonds is 10. The van der Waals surface area contributed by atoms with Gasteiger partial charge in [0.2, 0.25) is 5.91 Å². The second-order valence-corrected chi connectivity index (χ2v) is 9.65. The molecule has 1 amide bonds. The molecule has 2 heterocycles. The Hall–Kier alpha value is -2.94. The molecule has 1 aromatic heterocycles. The predicted molar refractivity (Wildman–Crippen MR) is 150 cm³/mol. The number of hydrogen-bond donors (Lipinski definition) is 1. The van der Waals surface area contributed by atoms with E-state index < -0.39 is 5.82 Å². The van der Waals surface area contributed by atoms with Crippen molar-refractivity contribution in [2.45, 2.75) is 39.7 Å². The SMILES string of the molecule is COc1cc(-c2nc3ccc(OCCCN4CCOCC4)cc3c(C)c2CC(=O)NC(C)C)ccc1F.Cl. The monoisotopic (exact) mass is 545 g/mol. The topological polar surface area (TPSA) is 72.9 Å². The van der Waals surface area contributed by atoms with Gasteiger partial charge in [0.05, 0.1) is 44.6 Å². The quantitative estimate of drug-likeness (QED) is 0.364. The average molecular weight is 546 g/mol. The second kappa shape index (κ2) is 13.7. The minimum atomic E-state index is -0.446. The summed E-state index contributed by atoms with van der Waals surface area (Å²) < 4.78 is 30.8. The van der Waals surface area contributed by atoms with Crippen LogP contribution in [0.15, 0.2) is 36.4 Å². The lowest BCUT2D eigenvalue weighted by Gasteiger charge is -2.26. The molecule has 7 nitrogen and oxygen atoms in total. The summed E-state index contributed by atoms with van der Waals surface area (Å²) in [6.45, 7) is 11.0. The summed E-state index contributed by atoms with van der Waals surface area (Å²) in [4.78, 5) is 20.1. The first-order chi connectivity index (χ1) is 17.9. The molecule has 1 N–H and O–H groups in total. The number of nitrogens with one attached hydrogen (secondary N) is 1. The number of pyridine rings is 1. The number of fused-ring (bicyclic) bond motifs is 1. The smallest absolute Gasteiger partial charge is 0.224 e. The van der Waals surface area contributed by atoms with Crippen molar-refractivity contribution < 1.29 is 23.4 Å². The van der Waals surface area contributed by atoms with Crippen LogP contribution in [-0.2, 0) is 16.0 Å². The lowest BCUT2D eigenvalue weighted by atomic mass is 9.95. The normalized spacial score (nSPS) is 13.8. The Balaban J connectivity index is 0.00000400.